The van der Waals surface area contributed by atoms with E-state index in [1.54, 1.807) is 12.1 Å². The summed E-state index contributed by atoms with van der Waals surface area (Å²) in [6.07, 6.45) is 0. The zero-order valence-electron chi connectivity index (χ0n) is 16.8. The van der Waals surface area contributed by atoms with Gasteiger partial charge in [0.1, 0.15) is 11.6 Å². The first kappa shape index (κ1) is 20.3. The van der Waals surface area contributed by atoms with Crippen molar-refractivity contribution in [3.63, 3.8) is 0 Å². The van der Waals surface area contributed by atoms with E-state index in [9.17, 15) is 9.18 Å². The minimum Gasteiger partial charge on any atom is -0.366 e. The average Bonchev–Trinajstić information content (AvgIpc) is 2.74. The van der Waals surface area contributed by atoms with Crippen LogP contribution < -0.4 is 15.5 Å². The van der Waals surface area contributed by atoms with Crippen LogP contribution in [0.1, 0.15) is 24.0 Å². The van der Waals surface area contributed by atoms with Gasteiger partial charge >= 0.3 is 0 Å². The molecule has 0 saturated carbocycles. The summed E-state index contributed by atoms with van der Waals surface area (Å²) in [4.78, 5) is 19.2. The molecular weight excluding hydrogens is 367 g/mol. The number of pyridine rings is 1. The van der Waals surface area contributed by atoms with Crippen LogP contribution in [0.4, 0.5) is 21.7 Å². The lowest BCUT2D eigenvalue weighted by molar-refractivity contribution is -0.117. The fourth-order valence-corrected chi connectivity index (χ4v) is 2.91. The molecule has 0 spiro atoms. The highest BCUT2D eigenvalue weighted by Crippen LogP contribution is 2.26. The predicted molar refractivity (Wildman–Crippen MR) is 116 cm³/mol. The fraction of sp³-hybridized carbons (Fsp3) is 0.217. The Hall–Kier alpha value is -3.41. The number of halogens is 1. The Morgan fingerprint density at radius 2 is 1.72 bits per heavy atom. The van der Waals surface area contributed by atoms with Crippen molar-refractivity contribution in [3.05, 3.63) is 83.7 Å². The smallest absolute Gasteiger partial charge is 0.231 e. The van der Waals surface area contributed by atoms with Crippen LogP contribution in [0.25, 0.3) is 0 Å². The molecule has 0 fully saturated rings. The predicted octanol–water partition coefficient (Wildman–Crippen LogP) is 4.64. The first-order valence-corrected chi connectivity index (χ1v) is 9.46. The van der Waals surface area contributed by atoms with Crippen LogP contribution in [0.2, 0.25) is 0 Å². The fourth-order valence-electron chi connectivity index (χ4n) is 2.91. The number of carbonyl (C=O) groups is 1. The molecule has 2 N–H and O–H groups in total. The maximum Gasteiger partial charge on any atom is 0.231 e. The van der Waals surface area contributed by atoms with E-state index in [4.69, 9.17) is 0 Å². The Labute approximate surface area is 170 Å². The molecule has 5 nitrogen and oxygen atoms in total. The van der Waals surface area contributed by atoms with Crippen molar-refractivity contribution in [1.82, 2.24) is 4.98 Å². The number of nitrogens with zero attached hydrogens (tertiary/aromatic N) is 2. The van der Waals surface area contributed by atoms with E-state index < -0.39 is 0 Å². The molecule has 1 amide bonds. The third-order valence-corrected chi connectivity index (χ3v) is 4.64. The molecule has 0 aliphatic heterocycles. The molecule has 0 aliphatic carbocycles. The summed E-state index contributed by atoms with van der Waals surface area (Å²) in [5, 5.41) is 6.22. The molecule has 1 atom stereocenters. The molecule has 6 heteroatoms. The first-order valence-electron chi connectivity index (χ1n) is 9.46. The summed E-state index contributed by atoms with van der Waals surface area (Å²) >= 11 is 0. The van der Waals surface area contributed by atoms with Gasteiger partial charge < -0.3 is 15.5 Å². The molecule has 0 bridgehead atoms. The molecule has 3 rings (SSSR count). The van der Waals surface area contributed by atoms with E-state index in [0.29, 0.717) is 23.9 Å². The van der Waals surface area contributed by atoms with Crippen molar-refractivity contribution >= 4 is 23.2 Å². The second kappa shape index (κ2) is 9.19. The van der Waals surface area contributed by atoms with Crippen molar-refractivity contribution < 1.29 is 9.18 Å². The van der Waals surface area contributed by atoms with Gasteiger partial charge in [-0.15, -0.1) is 0 Å². The minimum absolute atomic E-state index is 0.0897. The van der Waals surface area contributed by atoms with Crippen molar-refractivity contribution in [3.8, 4) is 0 Å². The van der Waals surface area contributed by atoms with Crippen LogP contribution in [-0.4, -0.2) is 25.0 Å². The van der Waals surface area contributed by atoms with E-state index in [1.807, 2.05) is 68.4 Å². The van der Waals surface area contributed by atoms with Crippen molar-refractivity contribution in [2.24, 2.45) is 0 Å². The van der Waals surface area contributed by atoms with Crippen molar-refractivity contribution in [2.45, 2.75) is 19.4 Å². The molecule has 1 heterocycles. The molecule has 0 aliphatic rings. The Balaban J connectivity index is 1.72. The average molecular weight is 392 g/mol. The Kier molecular flexibility index (Phi) is 6.44. The molecule has 3 aromatic rings. The zero-order chi connectivity index (χ0) is 20.8. The van der Waals surface area contributed by atoms with E-state index in [-0.39, 0.29) is 17.6 Å². The summed E-state index contributed by atoms with van der Waals surface area (Å²) in [6, 6.07) is 19.6. The van der Waals surface area contributed by atoms with E-state index in [0.717, 1.165) is 11.1 Å². The van der Waals surface area contributed by atoms with Crippen LogP contribution >= 0.6 is 0 Å². The van der Waals surface area contributed by atoms with Crippen molar-refractivity contribution in [1.29, 1.82) is 0 Å². The Morgan fingerprint density at radius 1 is 1.03 bits per heavy atom. The summed E-state index contributed by atoms with van der Waals surface area (Å²) in [5.74, 6) is 0.706. The first-order chi connectivity index (χ1) is 13.9. The number of rotatable bonds is 7. The summed E-state index contributed by atoms with van der Waals surface area (Å²) in [7, 11) is 3.75. The van der Waals surface area contributed by atoms with Gasteiger partial charge in [0, 0.05) is 20.6 Å². The van der Waals surface area contributed by atoms with Gasteiger partial charge in [0.25, 0.3) is 0 Å². The van der Waals surface area contributed by atoms with Gasteiger partial charge in [0.05, 0.1) is 11.6 Å². The lowest BCUT2D eigenvalue weighted by Crippen LogP contribution is -2.22. The van der Waals surface area contributed by atoms with Gasteiger partial charge in [-0.2, -0.15) is 0 Å². The van der Waals surface area contributed by atoms with Gasteiger partial charge in [0.2, 0.25) is 5.91 Å². The van der Waals surface area contributed by atoms with Gasteiger partial charge in [-0.05, 0) is 42.3 Å². The van der Waals surface area contributed by atoms with Gasteiger partial charge in [-0.3, -0.25) is 4.79 Å². The van der Waals surface area contributed by atoms with Crippen LogP contribution in [0.15, 0.2) is 66.7 Å². The molecule has 2 aromatic carbocycles. The summed E-state index contributed by atoms with van der Waals surface area (Å²) in [5.41, 5.74) is 2.56. The maximum absolute atomic E-state index is 13.0. The molecule has 0 radical (unpaired) electrons. The number of aromatic nitrogens is 1. The summed E-state index contributed by atoms with van der Waals surface area (Å²) in [6.45, 7) is 2.41. The molecule has 29 heavy (non-hydrogen) atoms. The van der Waals surface area contributed by atoms with Crippen molar-refractivity contribution in [2.75, 3.05) is 29.6 Å². The van der Waals surface area contributed by atoms with Gasteiger partial charge in [-0.25, -0.2) is 9.37 Å². The monoisotopic (exact) mass is 392 g/mol. The van der Waals surface area contributed by atoms with E-state index in [2.05, 4.69) is 15.6 Å². The number of anilines is 3. The summed E-state index contributed by atoms with van der Waals surface area (Å²) < 4.78 is 13.0. The third kappa shape index (κ3) is 5.31. The maximum atomic E-state index is 13.0. The molecule has 1 aromatic heterocycles. The standard InChI is InChI=1S/C23H25FN4O/c1-16(18-7-5-4-6-8-18)23(29)26-20-13-14-21(27-22(20)28(2)3)25-15-17-9-11-19(24)12-10-17/h4-14,16H,15H2,1-3H3,(H,25,27)(H,26,29). The number of benzene rings is 2. The van der Waals surface area contributed by atoms with E-state index >= 15 is 0 Å². The molecule has 0 saturated heterocycles. The van der Waals surface area contributed by atoms with Crippen LogP contribution in [0.3, 0.4) is 0 Å². The van der Waals surface area contributed by atoms with Gasteiger partial charge in [0.15, 0.2) is 5.82 Å². The zero-order valence-corrected chi connectivity index (χ0v) is 16.8. The molecule has 1 unspecified atom stereocenters. The highest BCUT2D eigenvalue weighted by atomic mass is 19.1. The highest BCUT2D eigenvalue weighted by molar-refractivity contribution is 5.98. The number of carbonyl (C=O) groups excluding carboxylic acids is 1. The van der Waals surface area contributed by atoms with E-state index in [1.165, 1.54) is 12.1 Å². The topological polar surface area (TPSA) is 57.3 Å². The second-order valence-corrected chi connectivity index (χ2v) is 7.06. The number of amides is 1. The molecular formula is C23H25FN4O. The number of nitrogens with one attached hydrogen (secondary N) is 2. The number of hydrogen-bond donors (Lipinski definition) is 2. The normalized spacial score (nSPS) is 11.6. The lowest BCUT2D eigenvalue weighted by atomic mass is 10.0. The Morgan fingerprint density at radius 3 is 2.38 bits per heavy atom. The van der Waals surface area contributed by atoms with Crippen LogP contribution in [0, 0.1) is 5.82 Å². The number of hydrogen-bond acceptors (Lipinski definition) is 4. The Bertz CT molecular complexity index is 958. The molecule has 150 valence electrons. The minimum atomic E-state index is -0.275. The SMILES string of the molecule is CC(C(=O)Nc1ccc(NCc2ccc(F)cc2)nc1N(C)C)c1ccccc1. The quantitative estimate of drug-likeness (QED) is 0.615. The second-order valence-electron chi connectivity index (χ2n) is 7.06. The lowest BCUT2D eigenvalue weighted by Gasteiger charge is -2.20. The highest BCUT2D eigenvalue weighted by Gasteiger charge is 2.18. The largest absolute Gasteiger partial charge is 0.366 e. The van der Waals surface area contributed by atoms with Gasteiger partial charge in [-0.1, -0.05) is 42.5 Å². The van der Waals surface area contributed by atoms with Crippen LogP contribution in [-0.2, 0) is 11.3 Å². The third-order valence-electron chi connectivity index (χ3n) is 4.64. The van der Waals surface area contributed by atoms with Crippen LogP contribution in [0.5, 0.6) is 0 Å².